The van der Waals surface area contributed by atoms with Crippen LogP contribution in [0.25, 0.3) is 0 Å². The Labute approximate surface area is 108 Å². The molecule has 1 rings (SSSR count). The molecule has 5 nitrogen and oxygen atoms in total. The Bertz CT molecular complexity index is 303. The quantitative estimate of drug-likeness (QED) is 0.801. The molecule has 0 aromatic heterocycles. The van der Waals surface area contributed by atoms with Crippen molar-refractivity contribution in [2.75, 3.05) is 6.61 Å². The van der Waals surface area contributed by atoms with Crippen molar-refractivity contribution >= 4 is 11.9 Å². The zero-order valence-corrected chi connectivity index (χ0v) is 11.4. The van der Waals surface area contributed by atoms with Gasteiger partial charge in [0.05, 0.1) is 12.5 Å². The molecule has 0 aromatic carbocycles. The van der Waals surface area contributed by atoms with Gasteiger partial charge >= 0.3 is 5.97 Å². The summed E-state index contributed by atoms with van der Waals surface area (Å²) < 4.78 is 5.47. The van der Waals surface area contributed by atoms with Crippen molar-refractivity contribution in [1.82, 2.24) is 5.32 Å². The third-order valence-electron chi connectivity index (χ3n) is 3.11. The second-order valence-corrected chi connectivity index (χ2v) is 5.90. The number of nitrogens with one attached hydrogen (secondary N) is 1. The van der Waals surface area contributed by atoms with E-state index in [1.54, 1.807) is 20.8 Å². The number of ether oxygens (including phenoxy) is 1. The number of carboxylic acids is 1. The summed E-state index contributed by atoms with van der Waals surface area (Å²) in [6.45, 7) is 6.08. The van der Waals surface area contributed by atoms with Crippen LogP contribution in [0.3, 0.4) is 0 Å². The van der Waals surface area contributed by atoms with Crippen LogP contribution in [0.2, 0.25) is 0 Å². The number of carbonyl (C=O) groups is 2. The molecule has 0 aromatic rings. The number of hydrogen-bond donors (Lipinski definition) is 2. The normalized spacial score (nSPS) is 22.3. The molecule has 2 atom stereocenters. The number of carbonyl (C=O) groups excluding carboxylic acids is 1. The Morgan fingerprint density at radius 1 is 1.39 bits per heavy atom. The Hall–Kier alpha value is -1.10. The monoisotopic (exact) mass is 257 g/mol. The fraction of sp³-hybridized carbons (Fsp3) is 0.846. The van der Waals surface area contributed by atoms with Crippen LogP contribution in [0, 0.1) is 5.41 Å². The van der Waals surface area contributed by atoms with Gasteiger partial charge in [-0.05, 0) is 24.7 Å². The smallest absolute Gasteiger partial charge is 0.326 e. The summed E-state index contributed by atoms with van der Waals surface area (Å²) >= 11 is 0. The van der Waals surface area contributed by atoms with Gasteiger partial charge in [0.15, 0.2) is 0 Å². The highest BCUT2D eigenvalue weighted by Gasteiger charge is 2.33. The summed E-state index contributed by atoms with van der Waals surface area (Å²) in [7, 11) is 0. The predicted molar refractivity (Wildman–Crippen MR) is 67.2 cm³/mol. The second-order valence-electron chi connectivity index (χ2n) is 5.90. The zero-order valence-electron chi connectivity index (χ0n) is 11.4. The number of hydrogen-bond acceptors (Lipinski definition) is 3. The maximum Gasteiger partial charge on any atom is 0.326 e. The van der Waals surface area contributed by atoms with E-state index >= 15 is 0 Å². The van der Waals surface area contributed by atoms with E-state index in [1.807, 2.05) is 0 Å². The van der Waals surface area contributed by atoms with E-state index in [0.717, 1.165) is 19.3 Å². The number of amides is 1. The van der Waals surface area contributed by atoms with Gasteiger partial charge in [-0.2, -0.15) is 0 Å². The Balaban J connectivity index is 2.48. The minimum absolute atomic E-state index is 0.0619. The molecule has 1 saturated heterocycles. The van der Waals surface area contributed by atoms with Gasteiger partial charge in [-0.25, -0.2) is 4.79 Å². The van der Waals surface area contributed by atoms with Gasteiger partial charge in [0.2, 0.25) is 5.91 Å². The zero-order chi connectivity index (χ0) is 13.8. The first-order chi connectivity index (χ1) is 8.30. The van der Waals surface area contributed by atoms with Crippen LogP contribution in [0.1, 0.15) is 46.5 Å². The molecule has 1 unspecified atom stereocenters. The molecule has 104 valence electrons. The Kier molecular flexibility index (Phi) is 5.14. The predicted octanol–water partition coefficient (Wildman–Crippen LogP) is 1.56. The van der Waals surface area contributed by atoms with E-state index in [9.17, 15) is 9.59 Å². The highest BCUT2D eigenvalue weighted by molar-refractivity contribution is 5.84. The largest absolute Gasteiger partial charge is 0.480 e. The molecule has 5 heteroatoms. The van der Waals surface area contributed by atoms with Crippen molar-refractivity contribution in [3.05, 3.63) is 0 Å². The van der Waals surface area contributed by atoms with E-state index in [-0.39, 0.29) is 18.4 Å². The fourth-order valence-electron chi connectivity index (χ4n) is 2.04. The highest BCUT2D eigenvalue weighted by atomic mass is 16.5. The summed E-state index contributed by atoms with van der Waals surface area (Å²) in [5.41, 5.74) is -0.505. The lowest BCUT2D eigenvalue weighted by molar-refractivity contribution is -0.145. The molecule has 0 radical (unpaired) electrons. The van der Waals surface area contributed by atoms with Gasteiger partial charge in [0.1, 0.15) is 6.04 Å². The van der Waals surface area contributed by atoms with Gasteiger partial charge in [0.25, 0.3) is 0 Å². The van der Waals surface area contributed by atoms with Crippen LogP contribution in [-0.4, -0.2) is 35.7 Å². The summed E-state index contributed by atoms with van der Waals surface area (Å²) in [4.78, 5) is 22.9. The molecule has 0 spiro atoms. The summed E-state index contributed by atoms with van der Waals surface area (Å²) in [5.74, 6) is -1.25. The van der Waals surface area contributed by atoms with Crippen LogP contribution < -0.4 is 5.32 Å². The first-order valence-electron chi connectivity index (χ1n) is 6.44. The fourth-order valence-corrected chi connectivity index (χ4v) is 2.04. The maximum atomic E-state index is 11.8. The van der Waals surface area contributed by atoms with Gasteiger partial charge in [0, 0.05) is 6.61 Å². The molecular formula is C13H23NO4. The van der Waals surface area contributed by atoms with Crippen LogP contribution >= 0.6 is 0 Å². The maximum absolute atomic E-state index is 11.8. The summed E-state index contributed by atoms with van der Waals surface area (Å²) in [6, 6.07) is -0.867. The molecule has 0 saturated carbocycles. The average Bonchev–Trinajstić information content (AvgIpc) is 2.25. The molecule has 1 fully saturated rings. The topological polar surface area (TPSA) is 75.6 Å². The lowest BCUT2D eigenvalue weighted by atomic mass is 9.86. The Morgan fingerprint density at radius 2 is 2.06 bits per heavy atom. The minimum atomic E-state index is -1.000. The van der Waals surface area contributed by atoms with E-state index < -0.39 is 17.4 Å². The lowest BCUT2D eigenvalue weighted by Gasteiger charge is -2.29. The van der Waals surface area contributed by atoms with Gasteiger partial charge < -0.3 is 15.2 Å². The van der Waals surface area contributed by atoms with E-state index in [1.165, 1.54) is 0 Å². The molecule has 1 amide bonds. The molecular weight excluding hydrogens is 234 g/mol. The van der Waals surface area contributed by atoms with Crippen molar-refractivity contribution in [1.29, 1.82) is 0 Å². The molecule has 1 aliphatic heterocycles. The third-order valence-corrected chi connectivity index (χ3v) is 3.11. The first kappa shape index (κ1) is 15.0. The van der Waals surface area contributed by atoms with Crippen LogP contribution in [0.15, 0.2) is 0 Å². The van der Waals surface area contributed by atoms with E-state index in [4.69, 9.17) is 9.84 Å². The highest BCUT2D eigenvalue weighted by Crippen LogP contribution is 2.20. The van der Waals surface area contributed by atoms with Crippen LogP contribution in [0.4, 0.5) is 0 Å². The van der Waals surface area contributed by atoms with Gasteiger partial charge in [-0.1, -0.05) is 20.8 Å². The molecule has 0 aliphatic carbocycles. The third kappa shape index (κ3) is 4.64. The molecule has 1 heterocycles. The second kappa shape index (κ2) is 6.18. The van der Waals surface area contributed by atoms with E-state index in [0.29, 0.717) is 6.61 Å². The molecule has 0 bridgehead atoms. The number of carboxylic acid groups (broad SMARTS) is 1. The lowest BCUT2D eigenvalue weighted by Crippen LogP contribution is -2.49. The Morgan fingerprint density at radius 3 is 2.50 bits per heavy atom. The minimum Gasteiger partial charge on any atom is -0.480 e. The summed E-state index contributed by atoms with van der Waals surface area (Å²) in [6.07, 6.45) is 3.17. The van der Waals surface area contributed by atoms with Crippen molar-refractivity contribution in [2.24, 2.45) is 5.41 Å². The standard InChI is InChI=1S/C13H23NO4/c1-13(2,3)11(12(16)17)14-10(15)8-9-6-4-5-7-18-9/h9,11H,4-8H2,1-3H3,(H,14,15)(H,16,17)/t9?,11-/m1/s1. The van der Waals surface area contributed by atoms with Crippen molar-refractivity contribution in [3.8, 4) is 0 Å². The molecule has 1 aliphatic rings. The summed E-state index contributed by atoms with van der Waals surface area (Å²) in [5, 5.41) is 11.7. The van der Waals surface area contributed by atoms with Crippen molar-refractivity contribution in [2.45, 2.75) is 58.6 Å². The van der Waals surface area contributed by atoms with Crippen LogP contribution in [0.5, 0.6) is 0 Å². The first-order valence-corrected chi connectivity index (χ1v) is 6.44. The van der Waals surface area contributed by atoms with Crippen LogP contribution in [-0.2, 0) is 14.3 Å². The number of aliphatic carboxylic acids is 1. The van der Waals surface area contributed by atoms with Crippen molar-refractivity contribution < 1.29 is 19.4 Å². The molecule has 18 heavy (non-hydrogen) atoms. The van der Waals surface area contributed by atoms with Crippen molar-refractivity contribution in [3.63, 3.8) is 0 Å². The SMILES string of the molecule is CC(C)(C)[C@H](NC(=O)CC1CCCCO1)C(=O)O. The number of rotatable bonds is 4. The average molecular weight is 257 g/mol. The van der Waals surface area contributed by atoms with Gasteiger partial charge in [-0.15, -0.1) is 0 Å². The van der Waals surface area contributed by atoms with E-state index in [2.05, 4.69) is 5.32 Å². The van der Waals surface area contributed by atoms with Gasteiger partial charge in [-0.3, -0.25) is 4.79 Å². The molecule has 2 N–H and O–H groups in total.